The largest absolute Gasteiger partial charge is 0.338 e. The highest BCUT2D eigenvalue weighted by molar-refractivity contribution is 7.98. The normalized spacial score (nSPS) is 13.4. The van der Waals surface area contributed by atoms with E-state index in [2.05, 4.69) is 20.1 Å². The van der Waals surface area contributed by atoms with E-state index in [1.165, 1.54) is 28.7 Å². The van der Waals surface area contributed by atoms with Crippen LogP contribution in [0.15, 0.2) is 46.2 Å². The highest BCUT2D eigenvalue weighted by Crippen LogP contribution is 2.40. The Morgan fingerprint density at radius 3 is 2.96 bits per heavy atom. The van der Waals surface area contributed by atoms with E-state index in [0.717, 1.165) is 21.8 Å². The number of thiophene rings is 1. The molecular weight excluding hydrogens is 352 g/mol. The lowest BCUT2D eigenvalue weighted by Gasteiger charge is -2.01. The molecule has 5 nitrogen and oxygen atoms in total. The maximum absolute atomic E-state index is 5.40. The van der Waals surface area contributed by atoms with Gasteiger partial charge in [0.25, 0.3) is 0 Å². The van der Waals surface area contributed by atoms with Crippen molar-refractivity contribution < 1.29 is 4.52 Å². The summed E-state index contributed by atoms with van der Waals surface area (Å²) in [6.07, 6.45) is 5.19. The van der Waals surface area contributed by atoms with E-state index in [9.17, 15) is 0 Å². The van der Waals surface area contributed by atoms with Gasteiger partial charge in [-0.25, -0.2) is 9.97 Å². The molecule has 3 heterocycles. The summed E-state index contributed by atoms with van der Waals surface area (Å²) in [5.74, 6) is 1.85. The van der Waals surface area contributed by atoms with Gasteiger partial charge in [-0.2, -0.15) is 4.98 Å². The molecule has 1 aliphatic carbocycles. The third-order valence-corrected chi connectivity index (χ3v) is 6.47. The van der Waals surface area contributed by atoms with E-state index < -0.39 is 0 Å². The fraction of sp³-hybridized carbons (Fsp3) is 0.222. The van der Waals surface area contributed by atoms with Crippen LogP contribution >= 0.6 is 23.1 Å². The van der Waals surface area contributed by atoms with Crippen molar-refractivity contribution in [3.05, 3.63) is 53.0 Å². The quantitative estimate of drug-likeness (QED) is 0.391. The van der Waals surface area contributed by atoms with E-state index in [-0.39, 0.29) is 0 Å². The molecule has 5 rings (SSSR count). The zero-order valence-corrected chi connectivity index (χ0v) is 14.9. The van der Waals surface area contributed by atoms with Crippen molar-refractivity contribution in [1.82, 2.24) is 20.1 Å². The van der Waals surface area contributed by atoms with Crippen LogP contribution in [-0.2, 0) is 18.6 Å². The van der Waals surface area contributed by atoms with Crippen molar-refractivity contribution in [2.75, 3.05) is 0 Å². The maximum atomic E-state index is 5.40. The molecule has 1 aromatic carbocycles. The number of hydrogen-bond acceptors (Lipinski definition) is 7. The first-order chi connectivity index (χ1) is 12.4. The van der Waals surface area contributed by atoms with E-state index in [0.29, 0.717) is 17.5 Å². The number of rotatable bonds is 4. The van der Waals surface area contributed by atoms with E-state index in [4.69, 9.17) is 4.52 Å². The highest BCUT2D eigenvalue weighted by atomic mass is 32.2. The average Bonchev–Trinajstić information content (AvgIpc) is 3.36. The van der Waals surface area contributed by atoms with Crippen molar-refractivity contribution in [3.8, 4) is 11.4 Å². The van der Waals surface area contributed by atoms with Crippen LogP contribution in [0.25, 0.3) is 21.6 Å². The van der Waals surface area contributed by atoms with Crippen LogP contribution in [0.5, 0.6) is 0 Å². The predicted molar refractivity (Wildman–Crippen MR) is 98.7 cm³/mol. The SMILES string of the molecule is c1ccc(-c2noc(CSc3ncnc4sc5c(c34)CCC5)n2)cc1. The zero-order chi connectivity index (χ0) is 16.6. The molecule has 0 aliphatic heterocycles. The van der Waals surface area contributed by atoms with Crippen molar-refractivity contribution in [1.29, 1.82) is 0 Å². The Morgan fingerprint density at radius 1 is 1.12 bits per heavy atom. The molecule has 0 saturated heterocycles. The number of aryl methyl sites for hydroxylation is 2. The summed E-state index contributed by atoms with van der Waals surface area (Å²) in [4.78, 5) is 16.0. The molecule has 0 atom stereocenters. The van der Waals surface area contributed by atoms with Crippen molar-refractivity contribution in [2.24, 2.45) is 0 Å². The van der Waals surface area contributed by atoms with Gasteiger partial charge in [-0.3, -0.25) is 0 Å². The van der Waals surface area contributed by atoms with Crippen molar-refractivity contribution >= 4 is 33.3 Å². The smallest absolute Gasteiger partial charge is 0.237 e. The molecule has 0 spiro atoms. The minimum absolute atomic E-state index is 0.608. The number of nitrogens with zero attached hydrogens (tertiary/aromatic N) is 4. The Kier molecular flexibility index (Phi) is 3.75. The van der Waals surface area contributed by atoms with Crippen molar-refractivity contribution in [3.63, 3.8) is 0 Å². The second-order valence-electron chi connectivity index (χ2n) is 5.88. The molecule has 0 N–H and O–H groups in total. The maximum Gasteiger partial charge on any atom is 0.237 e. The van der Waals surface area contributed by atoms with Crippen LogP contribution in [0.2, 0.25) is 0 Å². The summed E-state index contributed by atoms with van der Waals surface area (Å²) >= 11 is 3.45. The molecular formula is C18H14N4OS2. The third-order valence-electron chi connectivity index (χ3n) is 4.30. The molecule has 0 bridgehead atoms. The third kappa shape index (κ3) is 2.73. The van der Waals surface area contributed by atoms with Gasteiger partial charge < -0.3 is 4.52 Å². The monoisotopic (exact) mass is 366 g/mol. The summed E-state index contributed by atoms with van der Waals surface area (Å²) < 4.78 is 5.40. The molecule has 3 aromatic heterocycles. The van der Waals surface area contributed by atoms with Crippen LogP contribution in [0, 0.1) is 0 Å². The summed E-state index contributed by atoms with van der Waals surface area (Å²) in [5.41, 5.74) is 2.40. The topological polar surface area (TPSA) is 64.7 Å². The molecule has 7 heteroatoms. The summed E-state index contributed by atoms with van der Waals surface area (Å²) in [6, 6.07) is 9.86. The lowest BCUT2D eigenvalue weighted by molar-refractivity contribution is 0.391. The Hall–Kier alpha value is -2.25. The van der Waals surface area contributed by atoms with Gasteiger partial charge in [0, 0.05) is 15.8 Å². The lowest BCUT2D eigenvalue weighted by atomic mass is 10.2. The lowest BCUT2D eigenvalue weighted by Crippen LogP contribution is -1.88. The molecule has 0 saturated carbocycles. The van der Waals surface area contributed by atoms with Gasteiger partial charge in [-0.15, -0.1) is 11.3 Å². The highest BCUT2D eigenvalue weighted by Gasteiger charge is 2.21. The molecule has 0 amide bonds. The Morgan fingerprint density at radius 2 is 2.04 bits per heavy atom. The average molecular weight is 366 g/mol. The van der Waals surface area contributed by atoms with Crippen LogP contribution in [0.4, 0.5) is 0 Å². The van der Waals surface area contributed by atoms with Crippen LogP contribution < -0.4 is 0 Å². The van der Waals surface area contributed by atoms with Gasteiger partial charge in [0.15, 0.2) is 0 Å². The first-order valence-electron chi connectivity index (χ1n) is 8.14. The molecule has 25 heavy (non-hydrogen) atoms. The van der Waals surface area contributed by atoms with Crippen LogP contribution in [-0.4, -0.2) is 20.1 Å². The minimum atomic E-state index is 0.608. The second kappa shape index (κ2) is 6.24. The first kappa shape index (κ1) is 15.0. The van der Waals surface area contributed by atoms with Crippen LogP contribution in [0.3, 0.4) is 0 Å². The number of fused-ring (bicyclic) bond motifs is 3. The molecule has 4 aromatic rings. The van der Waals surface area contributed by atoms with Crippen LogP contribution in [0.1, 0.15) is 22.8 Å². The standard InChI is InChI=1S/C18H14N4OS2/c1-2-5-11(6-3-1)16-21-14(23-22-16)9-24-17-15-12-7-4-8-13(12)25-18(15)20-10-19-17/h1-3,5-6,10H,4,7-9H2. The number of aromatic nitrogens is 4. The van der Waals surface area contributed by atoms with Gasteiger partial charge in [0.2, 0.25) is 11.7 Å². The van der Waals surface area contributed by atoms with Gasteiger partial charge >= 0.3 is 0 Å². The molecule has 0 unspecified atom stereocenters. The van der Waals surface area contributed by atoms with E-state index >= 15 is 0 Å². The Labute approximate surface area is 152 Å². The first-order valence-corrected chi connectivity index (χ1v) is 9.95. The summed E-state index contributed by atoms with van der Waals surface area (Å²) in [7, 11) is 0. The summed E-state index contributed by atoms with van der Waals surface area (Å²) in [6.45, 7) is 0. The Bertz CT molecular complexity index is 1040. The minimum Gasteiger partial charge on any atom is -0.338 e. The van der Waals surface area contributed by atoms with Crippen molar-refractivity contribution in [2.45, 2.75) is 30.0 Å². The number of hydrogen-bond donors (Lipinski definition) is 0. The predicted octanol–water partition coefficient (Wildman–Crippen LogP) is 4.52. The molecule has 1 aliphatic rings. The van der Waals surface area contributed by atoms with Gasteiger partial charge in [0.05, 0.1) is 5.75 Å². The fourth-order valence-electron chi connectivity index (χ4n) is 3.16. The number of benzene rings is 1. The van der Waals surface area contributed by atoms with E-state index in [1.54, 1.807) is 18.1 Å². The molecule has 0 fully saturated rings. The summed E-state index contributed by atoms with van der Waals surface area (Å²) in [5, 5.41) is 6.33. The van der Waals surface area contributed by atoms with Gasteiger partial charge in [-0.05, 0) is 24.8 Å². The molecule has 0 radical (unpaired) electrons. The second-order valence-corrected chi connectivity index (χ2v) is 7.93. The number of thioether (sulfide) groups is 1. The Balaban J connectivity index is 1.40. The van der Waals surface area contributed by atoms with E-state index in [1.807, 2.05) is 41.7 Å². The molecule has 124 valence electrons. The zero-order valence-electron chi connectivity index (χ0n) is 13.3. The fourth-order valence-corrected chi connectivity index (χ4v) is 5.31. The van der Waals surface area contributed by atoms with Gasteiger partial charge in [0.1, 0.15) is 16.2 Å². The van der Waals surface area contributed by atoms with Gasteiger partial charge in [-0.1, -0.05) is 47.3 Å².